The number of para-hydroxylation sites is 1. The number of benzene rings is 3. The fourth-order valence-electron chi connectivity index (χ4n) is 3.47. The van der Waals surface area contributed by atoms with E-state index in [9.17, 15) is 0 Å². The first-order chi connectivity index (χ1) is 13.4. The molecule has 1 aliphatic carbocycles. The topological polar surface area (TPSA) is 12.0 Å². The van der Waals surface area contributed by atoms with Crippen molar-refractivity contribution in [3.63, 3.8) is 0 Å². The van der Waals surface area contributed by atoms with Crippen LogP contribution >= 0.6 is 44.1 Å². The van der Waals surface area contributed by atoms with Crippen LogP contribution in [0.5, 0.6) is 0 Å². The molecule has 1 fully saturated rings. The fourth-order valence-corrected chi connectivity index (χ4v) is 4.36. The van der Waals surface area contributed by atoms with E-state index in [-0.39, 0.29) is 5.92 Å². The SMILES string of the molecule is Cc1ccccc1NC(=S)c1ccc(C2(F)CC2c2ccc(Br)c(Br)c2)cc1. The third-order valence-corrected chi connectivity index (χ3v) is 7.48. The summed E-state index contributed by atoms with van der Waals surface area (Å²) in [5, 5.41) is 3.27. The van der Waals surface area contributed by atoms with Gasteiger partial charge in [0.15, 0.2) is 0 Å². The van der Waals surface area contributed by atoms with Crippen LogP contribution < -0.4 is 5.32 Å². The molecule has 0 spiro atoms. The van der Waals surface area contributed by atoms with E-state index < -0.39 is 5.67 Å². The molecule has 1 N–H and O–H groups in total. The summed E-state index contributed by atoms with van der Waals surface area (Å²) in [6.45, 7) is 2.04. The first-order valence-corrected chi connectivity index (χ1v) is 11.0. The van der Waals surface area contributed by atoms with E-state index in [1.54, 1.807) is 0 Å². The molecule has 0 aliphatic heterocycles. The van der Waals surface area contributed by atoms with Gasteiger partial charge in [0.25, 0.3) is 0 Å². The number of alkyl halides is 1. The Morgan fingerprint density at radius 1 is 1.04 bits per heavy atom. The average Bonchev–Trinajstić information content (AvgIpc) is 3.39. The van der Waals surface area contributed by atoms with Crippen LogP contribution in [0.25, 0.3) is 0 Å². The van der Waals surface area contributed by atoms with Gasteiger partial charge in [-0.3, -0.25) is 0 Å². The summed E-state index contributed by atoms with van der Waals surface area (Å²) in [5.41, 5.74) is 3.41. The summed E-state index contributed by atoms with van der Waals surface area (Å²) in [7, 11) is 0. The van der Waals surface area contributed by atoms with E-state index in [0.717, 1.165) is 31.3 Å². The zero-order chi connectivity index (χ0) is 19.9. The molecule has 0 amide bonds. The maximum absolute atomic E-state index is 15.5. The van der Waals surface area contributed by atoms with Crippen molar-refractivity contribution >= 4 is 54.8 Å². The van der Waals surface area contributed by atoms with Gasteiger partial charge in [-0.1, -0.05) is 60.7 Å². The molecule has 5 heteroatoms. The summed E-state index contributed by atoms with van der Waals surface area (Å²) >= 11 is 12.5. The predicted octanol–water partition coefficient (Wildman–Crippen LogP) is 7.66. The Balaban J connectivity index is 1.50. The molecule has 1 aliphatic rings. The molecule has 3 aromatic rings. The number of hydrogen-bond acceptors (Lipinski definition) is 1. The van der Waals surface area contributed by atoms with Crippen LogP contribution in [0.2, 0.25) is 0 Å². The quantitative estimate of drug-likeness (QED) is 0.356. The highest BCUT2D eigenvalue weighted by molar-refractivity contribution is 9.13. The summed E-state index contributed by atoms with van der Waals surface area (Å²) in [6, 6.07) is 21.4. The summed E-state index contributed by atoms with van der Waals surface area (Å²) in [5.74, 6) is -0.111. The van der Waals surface area contributed by atoms with Crippen LogP contribution in [0, 0.1) is 6.92 Å². The molecule has 142 valence electrons. The lowest BCUT2D eigenvalue weighted by Crippen LogP contribution is -2.12. The molecule has 0 saturated heterocycles. The number of hydrogen-bond donors (Lipinski definition) is 1. The van der Waals surface area contributed by atoms with Crippen molar-refractivity contribution in [1.29, 1.82) is 0 Å². The van der Waals surface area contributed by atoms with Gasteiger partial charge in [0.2, 0.25) is 0 Å². The van der Waals surface area contributed by atoms with Crippen molar-refractivity contribution in [3.05, 3.63) is 97.9 Å². The van der Waals surface area contributed by atoms with Gasteiger partial charge < -0.3 is 5.32 Å². The summed E-state index contributed by atoms with van der Waals surface area (Å²) in [4.78, 5) is 0.637. The van der Waals surface area contributed by atoms with Crippen LogP contribution in [-0.4, -0.2) is 4.99 Å². The normalized spacial score (nSPS) is 20.6. The smallest absolute Gasteiger partial charge is 0.143 e. The molecule has 2 unspecified atom stereocenters. The Hall–Kier alpha value is -1.56. The monoisotopic (exact) mass is 517 g/mol. The molecule has 4 rings (SSSR count). The molecular formula is C23H18Br2FNS. The van der Waals surface area contributed by atoms with Crippen LogP contribution in [0.3, 0.4) is 0 Å². The highest BCUT2D eigenvalue weighted by Crippen LogP contribution is 2.62. The van der Waals surface area contributed by atoms with Crippen molar-refractivity contribution in [2.45, 2.75) is 24.9 Å². The molecule has 1 saturated carbocycles. The average molecular weight is 519 g/mol. The van der Waals surface area contributed by atoms with Gasteiger partial charge in [-0.15, -0.1) is 0 Å². The number of rotatable bonds is 4. The number of nitrogens with one attached hydrogen (secondary N) is 1. The van der Waals surface area contributed by atoms with E-state index >= 15 is 4.39 Å². The molecule has 0 heterocycles. The zero-order valence-electron chi connectivity index (χ0n) is 15.2. The van der Waals surface area contributed by atoms with Gasteiger partial charge in [0.1, 0.15) is 10.7 Å². The van der Waals surface area contributed by atoms with Gasteiger partial charge in [0, 0.05) is 26.1 Å². The lowest BCUT2D eigenvalue weighted by molar-refractivity contribution is 0.306. The molecule has 3 aromatic carbocycles. The highest BCUT2D eigenvalue weighted by atomic mass is 79.9. The zero-order valence-corrected chi connectivity index (χ0v) is 19.2. The van der Waals surface area contributed by atoms with Gasteiger partial charge in [0.05, 0.1) is 0 Å². The van der Waals surface area contributed by atoms with Gasteiger partial charge in [-0.2, -0.15) is 0 Å². The minimum atomic E-state index is -1.31. The van der Waals surface area contributed by atoms with Crippen molar-refractivity contribution in [2.75, 3.05) is 5.32 Å². The van der Waals surface area contributed by atoms with Crippen molar-refractivity contribution in [2.24, 2.45) is 0 Å². The van der Waals surface area contributed by atoms with E-state index in [4.69, 9.17) is 12.2 Å². The minimum absolute atomic E-state index is 0.111. The second-order valence-corrected chi connectivity index (χ2v) is 9.26. The molecule has 1 nitrogen and oxygen atoms in total. The lowest BCUT2D eigenvalue weighted by atomic mass is 10.0. The third kappa shape index (κ3) is 3.80. The maximum atomic E-state index is 15.5. The highest BCUT2D eigenvalue weighted by Gasteiger charge is 2.57. The van der Waals surface area contributed by atoms with Crippen LogP contribution in [0.4, 0.5) is 10.1 Å². The van der Waals surface area contributed by atoms with Gasteiger partial charge in [-0.05, 0) is 80.1 Å². The first kappa shape index (κ1) is 19.7. The molecule has 0 bridgehead atoms. The Kier molecular flexibility index (Phi) is 5.43. The third-order valence-electron chi connectivity index (χ3n) is 5.26. The maximum Gasteiger partial charge on any atom is 0.143 e. The number of aryl methyl sites for hydroxylation is 1. The van der Waals surface area contributed by atoms with Crippen LogP contribution in [0.1, 0.15) is 34.6 Å². The Labute approximate surface area is 186 Å². The number of thiocarbonyl (C=S) groups is 1. The van der Waals surface area contributed by atoms with Crippen LogP contribution in [0.15, 0.2) is 75.7 Å². The number of halogens is 3. The van der Waals surface area contributed by atoms with Crippen molar-refractivity contribution in [3.8, 4) is 0 Å². The largest absolute Gasteiger partial charge is 0.346 e. The van der Waals surface area contributed by atoms with Gasteiger partial charge >= 0.3 is 0 Å². The van der Waals surface area contributed by atoms with Gasteiger partial charge in [-0.25, -0.2) is 4.39 Å². The Morgan fingerprint density at radius 3 is 2.43 bits per heavy atom. The van der Waals surface area contributed by atoms with E-state index in [0.29, 0.717) is 17.0 Å². The van der Waals surface area contributed by atoms with E-state index in [1.807, 2.05) is 73.7 Å². The van der Waals surface area contributed by atoms with E-state index in [1.165, 1.54) is 0 Å². The fraction of sp³-hybridized carbons (Fsp3) is 0.174. The number of anilines is 1. The second-order valence-electron chi connectivity index (χ2n) is 7.14. The predicted molar refractivity (Wildman–Crippen MR) is 125 cm³/mol. The van der Waals surface area contributed by atoms with Crippen molar-refractivity contribution in [1.82, 2.24) is 0 Å². The molecule has 0 aromatic heterocycles. The first-order valence-electron chi connectivity index (χ1n) is 9.00. The lowest BCUT2D eigenvalue weighted by Gasteiger charge is -2.13. The molecule has 28 heavy (non-hydrogen) atoms. The molecular weight excluding hydrogens is 501 g/mol. The summed E-state index contributed by atoms with van der Waals surface area (Å²) < 4.78 is 17.4. The minimum Gasteiger partial charge on any atom is -0.346 e. The van der Waals surface area contributed by atoms with E-state index in [2.05, 4.69) is 37.2 Å². The summed E-state index contributed by atoms with van der Waals surface area (Å²) in [6.07, 6.45) is 0.506. The molecule has 0 radical (unpaired) electrons. The second kappa shape index (κ2) is 7.69. The molecule has 2 atom stereocenters. The Morgan fingerprint density at radius 2 is 1.75 bits per heavy atom. The van der Waals surface area contributed by atoms with Crippen molar-refractivity contribution < 1.29 is 4.39 Å². The Bertz CT molecular complexity index is 1050. The van der Waals surface area contributed by atoms with Crippen LogP contribution in [-0.2, 0) is 5.67 Å². The standard InChI is InChI=1S/C23H18Br2FNS/c1-14-4-2-3-5-21(14)27-22(28)15-6-9-17(10-7-15)23(26)13-18(23)16-8-11-19(24)20(25)12-16/h2-12,18H,13H2,1H3,(H,27,28).